The van der Waals surface area contributed by atoms with E-state index in [4.69, 9.17) is 14.2 Å². The van der Waals surface area contributed by atoms with Crippen molar-refractivity contribution in [3.05, 3.63) is 84.4 Å². The van der Waals surface area contributed by atoms with Crippen LogP contribution < -0.4 is 0 Å². The van der Waals surface area contributed by atoms with Gasteiger partial charge in [-0.15, -0.1) is 0 Å². The lowest BCUT2D eigenvalue weighted by Crippen LogP contribution is -2.50. The second-order valence-corrected chi connectivity index (χ2v) is 8.35. The number of rotatable bonds is 9. The molecule has 6 heteroatoms. The van der Waals surface area contributed by atoms with Crippen LogP contribution in [-0.2, 0) is 27.2 Å². The highest BCUT2D eigenvalue weighted by Crippen LogP contribution is 2.22. The van der Waals surface area contributed by atoms with Crippen molar-refractivity contribution >= 4 is 12.2 Å². The molecule has 0 bridgehead atoms. The fourth-order valence-electron chi connectivity index (χ4n) is 3.22. The molecule has 0 aliphatic carbocycles. The van der Waals surface area contributed by atoms with E-state index in [0.717, 1.165) is 11.1 Å². The van der Waals surface area contributed by atoms with Crippen molar-refractivity contribution in [3.63, 3.8) is 0 Å². The summed E-state index contributed by atoms with van der Waals surface area (Å²) >= 11 is 0. The molecule has 0 aromatic heterocycles. The Kier molecular flexibility index (Phi) is 9.32. The van der Waals surface area contributed by atoms with E-state index in [2.05, 4.69) is 6.58 Å². The van der Waals surface area contributed by atoms with Gasteiger partial charge in [0.1, 0.15) is 11.7 Å². The zero-order chi connectivity index (χ0) is 23.6. The third kappa shape index (κ3) is 8.10. The molecule has 0 N–H and O–H groups in total. The minimum Gasteiger partial charge on any atom is -0.444 e. The molecule has 2 aromatic rings. The average molecular weight is 440 g/mol. The van der Waals surface area contributed by atoms with Crippen LogP contribution in [0, 0.1) is 0 Å². The quantitative estimate of drug-likeness (QED) is 0.367. The standard InChI is InChI=1S/C26H33NO5/c1-6-23(31-25(29)30-7-2)22(18-20-14-10-8-11-15-20)27(24(28)32-26(3,4)5)19-21-16-12-9-13-17-21/h6,8-17,22-23H,1,7,18-19H2,2-5H3/t22-,23?/m0/s1. The van der Waals surface area contributed by atoms with Crippen LogP contribution in [0.5, 0.6) is 0 Å². The topological polar surface area (TPSA) is 65.1 Å². The van der Waals surface area contributed by atoms with E-state index in [1.54, 1.807) is 11.8 Å². The second-order valence-electron chi connectivity index (χ2n) is 8.35. The number of ether oxygens (including phenoxy) is 3. The van der Waals surface area contributed by atoms with Crippen LogP contribution in [-0.4, -0.2) is 41.5 Å². The molecule has 0 saturated carbocycles. The normalized spacial score (nSPS) is 12.9. The molecule has 1 unspecified atom stereocenters. The van der Waals surface area contributed by atoms with Gasteiger partial charge in [-0.2, -0.15) is 0 Å². The predicted octanol–water partition coefficient (Wildman–Crippen LogP) is 5.76. The number of hydrogen-bond acceptors (Lipinski definition) is 5. The van der Waals surface area contributed by atoms with Crippen LogP contribution in [0.3, 0.4) is 0 Å². The second kappa shape index (κ2) is 11.9. The maximum atomic E-state index is 13.3. The Balaban J connectivity index is 2.45. The number of hydrogen-bond donors (Lipinski definition) is 0. The van der Waals surface area contributed by atoms with Crippen LogP contribution in [0.2, 0.25) is 0 Å². The fourth-order valence-corrected chi connectivity index (χ4v) is 3.22. The molecule has 0 aliphatic heterocycles. The molecular weight excluding hydrogens is 406 g/mol. The van der Waals surface area contributed by atoms with Gasteiger partial charge in [-0.05, 0) is 51.3 Å². The van der Waals surface area contributed by atoms with Crippen LogP contribution in [0.15, 0.2) is 73.3 Å². The summed E-state index contributed by atoms with van der Waals surface area (Å²) in [4.78, 5) is 27.0. The van der Waals surface area contributed by atoms with Gasteiger partial charge in [-0.25, -0.2) is 9.59 Å². The molecule has 6 nitrogen and oxygen atoms in total. The third-order valence-corrected chi connectivity index (χ3v) is 4.62. The monoisotopic (exact) mass is 439 g/mol. The SMILES string of the molecule is C=CC(OC(=O)OCC)[C@H](Cc1ccccc1)N(Cc1ccccc1)C(=O)OC(C)(C)C. The molecule has 2 rings (SSSR count). The van der Waals surface area contributed by atoms with Gasteiger partial charge in [0.25, 0.3) is 0 Å². The zero-order valence-electron chi connectivity index (χ0n) is 19.3. The lowest BCUT2D eigenvalue weighted by molar-refractivity contribution is -0.0180. The number of benzene rings is 2. The maximum absolute atomic E-state index is 13.3. The molecule has 0 aliphatic rings. The van der Waals surface area contributed by atoms with Gasteiger partial charge in [0, 0.05) is 6.54 Å². The summed E-state index contributed by atoms with van der Waals surface area (Å²) in [6.07, 6.45) is -0.151. The van der Waals surface area contributed by atoms with Crippen molar-refractivity contribution in [1.29, 1.82) is 0 Å². The molecule has 0 radical (unpaired) electrons. The molecule has 1 amide bonds. The first-order valence-electron chi connectivity index (χ1n) is 10.8. The number of amides is 1. The average Bonchev–Trinajstić information content (AvgIpc) is 2.75. The third-order valence-electron chi connectivity index (χ3n) is 4.62. The van der Waals surface area contributed by atoms with Crippen molar-refractivity contribution in [1.82, 2.24) is 4.90 Å². The Morgan fingerprint density at radius 3 is 2.06 bits per heavy atom. The maximum Gasteiger partial charge on any atom is 0.508 e. The number of nitrogens with zero attached hydrogens (tertiary/aromatic N) is 1. The Hall–Kier alpha value is -3.28. The van der Waals surface area contributed by atoms with Gasteiger partial charge in [0.15, 0.2) is 0 Å². The summed E-state index contributed by atoms with van der Waals surface area (Å²) < 4.78 is 16.2. The highest BCUT2D eigenvalue weighted by molar-refractivity contribution is 5.69. The van der Waals surface area contributed by atoms with Gasteiger partial charge >= 0.3 is 12.2 Å². The Bertz CT molecular complexity index is 861. The van der Waals surface area contributed by atoms with Crippen LogP contribution in [0.4, 0.5) is 9.59 Å². The van der Waals surface area contributed by atoms with Crippen LogP contribution >= 0.6 is 0 Å². The largest absolute Gasteiger partial charge is 0.508 e. The molecule has 2 aromatic carbocycles. The predicted molar refractivity (Wildman–Crippen MR) is 124 cm³/mol. The van der Waals surface area contributed by atoms with E-state index in [9.17, 15) is 9.59 Å². The minimum atomic E-state index is -0.806. The van der Waals surface area contributed by atoms with Gasteiger partial charge in [0.2, 0.25) is 0 Å². The van der Waals surface area contributed by atoms with Gasteiger partial charge in [0.05, 0.1) is 12.6 Å². The van der Waals surface area contributed by atoms with E-state index in [1.165, 1.54) is 6.08 Å². The highest BCUT2D eigenvalue weighted by Gasteiger charge is 2.35. The molecular formula is C26H33NO5. The molecule has 2 atom stereocenters. The van der Waals surface area contributed by atoms with E-state index < -0.39 is 30.0 Å². The van der Waals surface area contributed by atoms with Gasteiger partial charge in [-0.1, -0.05) is 67.2 Å². The number of carbonyl (C=O) groups excluding carboxylic acids is 2. The fraction of sp³-hybridized carbons (Fsp3) is 0.385. The molecule has 172 valence electrons. The van der Waals surface area contributed by atoms with Crippen LogP contribution in [0.25, 0.3) is 0 Å². The van der Waals surface area contributed by atoms with Crippen molar-refractivity contribution in [2.24, 2.45) is 0 Å². The number of carbonyl (C=O) groups is 2. The first kappa shape index (κ1) is 25.0. The molecule has 0 spiro atoms. The van der Waals surface area contributed by atoms with Crippen molar-refractivity contribution < 1.29 is 23.8 Å². The van der Waals surface area contributed by atoms with Crippen LogP contribution in [0.1, 0.15) is 38.8 Å². The first-order valence-corrected chi connectivity index (χ1v) is 10.8. The molecule has 0 fully saturated rings. The van der Waals surface area contributed by atoms with Crippen molar-refractivity contribution in [2.75, 3.05) is 6.61 Å². The summed E-state index contributed by atoms with van der Waals surface area (Å²) in [5.74, 6) is 0. The highest BCUT2D eigenvalue weighted by atomic mass is 16.7. The Morgan fingerprint density at radius 1 is 1.00 bits per heavy atom. The molecule has 0 heterocycles. The Labute approximate surface area is 190 Å². The zero-order valence-corrected chi connectivity index (χ0v) is 19.3. The summed E-state index contributed by atoms with van der Waals surface area (Å²) in [5.41, 5.74) is 1.23. The molecule has 0 saturated heterocycles. The van der Waals surface area contributed by atoms with Crippen molar-refractivity contribution in [2.45, 2.75) is 58.4 Å². The van der Waals surface area contributed by atoms with E-state index in [0.29, 0.717) is 6.42 Å². The summed E-state index contributed by atoms with van der Waals surface area (Å²) in [6, 6.07) is 18.8. The summed E-state index contributed by atoms with van der Waals surface area (Å²) in [6.45, 7) is 11.5. The minimum absolute atomic E-state index is 0.186. The van der Waals surface area contributed by atoms with E-state index >= 15 is 0 Å². The van der Waals surface area contributed by atoms with Gasteiger partial charge in [-0.3, -0.25) is 4.90 Å². The smallest absolute Gasteiger partial charge is 0.444 e. The lowest BCUT2D eigenvalue weighted by atomic mass is 9.99. The first-order chi connectivity index (χ1) is 15.2. The van der Waals surface area contributed by atoms with Gasteiger partial charge < -0.3 is 14.2 Å². The lowest BCUT2D eigenvalue weighted by Gasteiger charge is -2.36. The molecule has 32 heavy (non-hydrogen) atoms. The Morgan fingerprint density at radius 2 is 1.56 bits per heavy atom. The summed E-state index contributed by atoms with van der Waals surface area (Å²) in [7, 11) is 0. The summed E-state index contributed by atoms with van der Waals surface area (Å²) in [5, 5.41) is 0. The van der Waals surface area contributed by atoms with E-state index in [1.807, 2.05) is 81.4 Å². The van der Waals surface area contributed by atoms with Crippen molar-refractivity contribution in [3.8, 4) is 0 Å². The van der Waals surface area contributed by atoms with E-state index in [-0.39, 0.29) is 13.2 Å².